The summed E-state index contributed by atoms with van der Waals surface area (Å²) in [6.45, 7) is 4.39. The van der Waals surface area contributed by atoms with Crippen LogP contribution < -0.4 is 5.32 Å². The Morgan fingerprint density at radius 3 is 2.90 bits per heavy atom. The lowest BCUT2D eigenvalue weighted by atomic mass is 9.80. The molecule has 2 fully saturated rings. The van der Waals surface area contributed by atoms with E-state index in [1.165, 1.54) is 32.4 Å². The Kier molecular flexibility index (Phi) is 1.66. The minimum Gasteiger partial charge on any atom is -0.381 e. The van der Waals surface area contributed by atoms with Crippen LogP contribution in [0.1, 0.15) is 19.3 Å². The van der Waals surface area contributed by atoms with Crippen LogP contribution in [0.3, 0.4) is 0 Å². The molecule has 2 nitrogen and oxygen atoms in total. The van der Waals surface area contributed by atoms with Crippen LogP contribution in [0.15, 0.2) is 0 Å². The zero-order valence-corrected chi connectivity index (χ0v) is 6.36. The smallest absolute Gasteiger partial charge is 0.0535 e. The molecule has 2 saturated heterocycles. The first kappa shape index (κ1) is 6.62. The second kappa shape index (κ2) is 2.51. The maximum absolute atomic E-state index is 5.40. The third-order valence-electron chi connectivity index (χ3n) is 2.75. The van der Waals surface area contributed by atoms with E-state index in [4.69, 9.17) is 4.74 Å². The summed E-state index contributed by atoms with van der Waals surface area (Å²) in [7, 11) is 0. The third-order valence-corrected chi connectivity index (χ3v) is 2.75. The van der Waals surface area contributed by atoms with Crippen LogP contribution in [0.2, 0.25) is 0 Å². The van der Waals surface area contributed by atoms with Gasteiger partial charge in [0.1, 0.15) is 0 Å². The van der Waals surface area contributed by atoms with Crippen molar-refractivity contribution in [1.82, 2.24) is 5.32 Å². The first-order valence-electron chi connectivity index (χ1n) is 4.20. The van der Waals surface area contributed by atoms with Crippen molar-refractivity contribution < 1.29 is 4.74 Å². The van der Waals surface area contributed by atoms with Crippen molar-refractivity contribution in [3.05, 3.63) is 0 Å². The minimum absolute atomic E-state index is 0.540. The molecular weight excluding hydrogens is 126 g/mol. The van der Waals surface area contributed by atoms with Gasteiger partial charge in [0.15, 0.2) is 0 Å². The molecule has 0 aliphatic carbocycles. The van der Waals surface area contributed by atoms with Crippen molar-refractivity contribution in [3.8, 4) is 0 Å². The zero-order chi connectivity index (χ0) is 6.86. The van der Waals surface area contributed by atoms with Gasteiger partial charge in [-0.1, -0.05) is 0 Å². The van der Waals surface area contributed by atoms with Crippen LogP contribution in [0.25, 0.3) is 0 Å². The van der Waals surface area contributed by atoms with E-state index >= 15 is 0 Å². The van der Waals surface area contributed by atoms with E-state index in [0.717, 1.165) is 13.2 Å². The molecule has 2 aliphatic rings. The maximum atomic E-state index is 5.40. The van der Waals surface area contributed by atoms with Crippen LogP contribution in [0.4, 0.5) is 0 Å². The fourth-order valence-corrected chi connectivity index (χ4v) is 2.02. The molecule has 58 valence electrons. The van der Waals surface area contributed by atoms with Gasteiger partial charge in [0.2, 0.25) is 0 Å². The molecule has 0 unspecified atom stereocenters. The van der Waals surface area contributed by atoms with Crippen LogP contribution in [-0.2, 0) is 4.74 Å². The molecule has 2 heterocycles. The summed E-state index contributed by atoms with van der Waals surface area (Å²) in [5.74, 6) is 0. The van der Waals surface area contributed by atoms with Gasteiger partial charge in [-0.2, -0.15) is 0 Å². The van der Waals surface area contributed by atoms with E-state index in [9.17, 15) is 0 Å². The summed E-state index contributed by atoms with van der Waals surface area (Å²) in [5.41, 5.74) is 0.540. The van der Waals surface area contributed by atoms with E-state index in [1.54, 1.807) is 0 Å². The highest BCUT2D eigenvalue weighted by atomic mass is 16.5. The van der Waals surface area contributed by atoms with Crippen LogP contribution in [-0.4, -0.2) is 26.3 Å². The highest BCUT2D eigenvalue weighted by molar-refractivity contribution is 4.88. The number of hydrogen-bond acceptors (Lipinski definition) is 2. The van der Waals surface area contributed by atoms with Crippen molar-refractivity contribution in [2.75, 3.05) is 26.3 Å². The average Bonchev–Trinajstić information content (AvgIpc) is 2.39. The van der Waals surface area contributed by atoms with E-state index in [-0.39, 0.29) is 0 Å². The molecule has 1 atom stereocenters. The van der Waals surface area contributed by atoms with Crippen molar-refractivity contribution in [1.29, 1.82) is 0 Å². The molecule has 10 heavy (non-hydrogen) atoms. The summed E-state index contributed by atoms with van der Waals surface area (Å²) in [5, 5.41) is 3.44. The maximum Gasteiger partial charge on any atom is 0.0535 e. The second-order valence-electron chi connectivity index (χ2n) is 3.58. The van der Waals surface area contributed by atoms with Crippen LogP contribution in [0, 0.1) is 5.41 Å². The Labute approximate surface area is 61.9 Å². The van der Waals surface area contributed by atoms with Gasteiger partial charge in [0.05, 0.1) is 6.61 Å². The Hall–Kier alpha value is -0.0800. The first-order valence-corrected chi connectivity index (χ1v) is 4.20. The number of nitrogens with one attached hydrogen (secondary N) is 1. The highest BCUT2D eigenvalue weighted by Crippen LogP contribution is 2.34. The summed E-state index contributed by atoms with van der Waals surface area (Å²) >= 11 is 0. The van der Waals surface area contributed by atoms with Crippen molar-refractivity contribution >= 4 is 0 Å². The lowest BCUT2D eigenvalue weighted by molar-refractivity contribution is 0.132. The van der Waals surface area contributed by atoms with Gasteiger partial charge < -0.3 is 10.1 Å². The molecule has 0 amide bonds. The lowest BCUT2D eigenvalue weighted by Gasteiger charge is -2.31. The van der Waals surface area contributed by atoms with Gasteiger partial charge in [-0.15, -0.1) is 0 Å². The monoisotopic (exact) mass is 141 g/mol. The van der Waals surface area contributed by atoms with E-state index in [0.29, 0.717) is 5.41 Å². The number of ether oxygens (including phenoxy) is 1. The average molecular weight is 141 g/mol. The van der Waals surface area contributed by atoms with Crippen LogP contribution >= 0.6 is 0 Å². The van der Waals surface area contributed by atoms with Gasteiger partial charge in [-0.25, -0.2) is 0 Å². The summed E-state index contributed by atoms with van der Waals surface area (Å²) in [6.07, 6.45) is 3.99. The van der Waals surface area contributed by atoms with Crippen molar-refractivity contribution in [3.63, 3.8) is 0 Å². The SMILES string of the molecule is C1CNC[C@]2(C1)CCOC2. The number of rotatable bonds is 0. The predicted octanol–water partition coefficient (Wildman–Crippen LogP) is 0.776. The molecule has 2 heteroatoms. The van der Waals surface area contributed by atoms with E-state index < -0.39 is 0 Å². The number of hydrogen-bond donors (Lipinski definition) is 1. The topological polar surface area (TPSA) is 21.3 Å². The largest absolute Gasteiger partial charge is 0.381 e. The predicted molar refractivity (Wildman–Crippen MR) is 40.0 cm³/mol. The van der Waals surface area contributed by atoms with Crippen molar-refractivity contribution in [2.45, 2.75) is 19.3 Å². The molecule has 0 bridgehead atoms. The molecule has 0 saturated carbocycles. The molecule has 0 radical (unpaired) electrons. The summed E-state index contributed by atoms with van der Waals surface area (Å²) in [6, 6.07) is 0. The fraction of sp³-hybridized carbons (Fsp3) is 1.00. The standard InChI is InChI=1S/C8H15NO/c1-2-8(6-9-4-1)3-5-10-7-8/h9H,1-7H2/t8-/m0/s1. The fourth-order valence-electron chi connectivity index (χ4n) is 2.02. The summed E-state index contributed by atoms with van der Waals surface area (Å²) < 4.78 is 5.40. The molecule has 1 N–H and O–H groups in total. The Morgan fingerprint density at radius 2 is 2.30 bits per heavy atom. The van der Waals surface area contributed by atoms with Gasteiger partial charge in [-0.3, -0.25) is 0 Å². The number of piperidine rings is 1. The Morgan fingerprint density at radius 1 is 1.30 bits per heavy atom. The van der Waals surface area contributed by atoms with Crippen LogP contribution in [0.5, 0.6) is 0 Å². The first-order chi connectivity index (χ1) is 4.91. The molecule has 2 aliphatic heterocycles. The van der Waals surface area contributed by atoms with Gasteiger partial charge in [0, 0.05) is 18.6 Å². The minimum atomic E-state index is 0.540. The normalized spacial score (nSPS) is 40.8. The molecule has 0 aromatic carbocycles. The lowest BCUT2D eigenvalue weighted by Crippen LogP contribution is -2.40. The molecule has 1 spiro atoms. The molecule has 0 aromatic rings. The van der Waals surface area contributed by atoms with Crippen molar-refractivity contribution in [2.24, 2.45) is 5.41 Å². The zero-order valence-electron chi connectivity index (χ0n) is 6.36. The Bertz CT molecular complexity index is 110. The highest BCUT2D eigenvalue weighted by Gasteiger charge is 2.35. The van der Waals surface area contributed by atoms with E-state index in [2.05, 4.69) is 5.32 Å². The molecular formula is C8H15NO. The molecule has 0 aromatic heterocycles. The van der Waals surface area contributed by atoms with Gasteiger partial charge in [0.25, 0.3) is 0 Å². The summed E-state index contributed by atoms with van der Waals surface area (Å²) in [4.78, 5) is 0. The van der Waals surface area contributed by atoms with Gasteiger partial charge in [-0.05, 0) is 25.8 Å². The van der Waals surface area contributed by atoms with E-state index in [1.807, 2.05) is 0 Å². The quantitative estimate of drug-likeness (QED) is 0.538. The molecule has 2 rings (SSSR count). The Balaban J connectivity index is 1.98. The second-order valence-corrected chi connectivity index (χ2v) is 3.58. The third kappa shape index (κ3) is 1.06. The van der Waals surface area contributed by atoms with Gasteiger partial charge >= 0.3 is 0 Å².